The number of anilines is 1. The topological polar surface area (TPSA) is 70.4 Å². The number of urea groups is 1. The minimum Gasteiger partial charge on any atom is -0.395 e. The Kier molecular flexibility index (Phi) is 5.80. The van der Waals surface area contributed by atoms with E-state index >= 15 is 0 Å². The van der Waals surface area contributed by atoms with E-state index in [0.29, 0.717) is 23.8 Å². The second-order valence-corrected chi connectivity index (χ2v) is 5.16. The maximum Gasteiger partial charge on any atom is 0.321 e. The second-order valence-electron chi connectivity index (χ2n) is 4.76. The van der Waals surface area contributed by atoms with E-state index in [4.69, 9.17) is 16.7 Å². The lowest BCUT2D eigenvalue weighted by Gasteiger charge is -2.21. The summed E-state index contributed by atoms with van der Waals surface area (Å²) in [4.78, 5) is 13.7. The number of amides is 2. The molecule has 0 saturated heterocycles. The number of carbonyl (C=O) groups is 1. The van der Waals surface area contributed by atoms with Crippen molar-refractivity contribution in [3.63, 3.8) is 0 Å². The summed E-state index contributed by atoms with van der Waals surface area (Å²) in [5.74, 6) is 0. The van der Waals surface area contributed by atoms with Crippen molar-refractivity contribution in [2.24, 2.45) is 0 Å². The summed E-state index contributed by atoms with van der Waals surface area (Å²) >= 11 is 6.24. The maximum absolute atomic E-state index is 12.2. The highest BCUT2D eigenvalue weighted by Gasteiger charge is 2.13. The van der Waals surface area contributed by atoms with Crippen molar-refractivity contribution >= 4 is 23.3 Å². The van der Waals surface area contributed by atoms with Gasteiger partial charge in [-0.1, -0.05) is 18.5 Å². The summed E-state index contributed by atoms with van der Waals surface area (Å²) < 4.78 is 1.66. The third-order valence-corrected chi connectivity index (χ3v) is 3.40. The van der Waals surface area contributed by atoms with E-state index in [2.05, 4.69) is 10.4 Å². The van der Waals surface area contributed by atoms with Crippen LogP contribution in [0.15, 0.2) is 36.7 Å². The average molecular weight is 323 g/mol. The number of aromatic nitrogens is 2. The van der Waals surface area contributed by atoms with Gasteiger partial charge in [-0.3, -0.25) is 0 Å². The predicted octanol–water partition coefficient (Wildman–Crippen LogP) is 2.76. The SMILES string of the molecule is CCCN(CCO)C(=O)Nc1ccc(-n2cccn2)c(Cl)c1. The molecule has 118 valence electrons. The van der Waals surface area contributed by atoms with E-state index < -0.39 is 0 Å². The van der Waals surface area contributed by atoms with Gasteiger partial charge in [-0.2, -0.15) is 5.10 Å². The van der Waals surface area contributed by atoms with Crippen LogP contribution < -0.4 is 5.32 Å². The molecule has 1 aromatic carbocycles. The lowest BCUT2D eigenvalue weighted by atomic mass is 10.3. The summed E-state index contributed by atoms with van der Waals surface area (Å²) in [5.41, 5.74) is 1.34. The van der Waals surface area contributed by atoms with Gasteiger partial charge in [-0.15, -0.1) is 0 Å². The molecule has 2 N–H and O–H groups in total. The van der Waals surface area contributed by atoms with Gasteiger partial charge in [-0.25, -0.2) is 9.48 Å². The number of halogens is 1. The zero-order chi connectivity index (χ0) is 15.9. The van der Waals surface area contributed by atoms with Crippen LogP contribution >= 0.6 is 11.6 Å². The van der Waals surface area contributed by atoms with E-state index in [-0.39, 0.29) is 12.6 Å². The highest BCUT2D eigenvalue weighted by Crippen LogP contribution is 2.24. The summed E-state index contributed by atoms with van der Waals surface area (Å²) in [5, 5.41) is 16.4. The number of carbonyl (C=O) groups excluding carboxylic acids is 1. The lowest BCUT2D eigenvalue weighted by molar-refractivity contribution is 0.188. The van der Waals surface area contributed by atoms with E-state index in [0.717, 1.165) is 12.1 Å². The Labute approximate surface area is 134 Å². The van der Waals surface area contributed by atoms with Crippen molar-refractivity contribution < 1.29 is 9.90 Å². The summed E-state index contributed by atoms with van der Waals surface area (Å²) in [6.45, 7) is 2.81. The molecule has 0 unspecified atom stereocenters. The van der Waals surface area contributed by atoms with Gasteiger partial charge in [0.1, 0.15) is 0 Å². The van der Waals surface area contributed by atoms with Crippen molar-refractivity contribution in [1.29, 1.82) is 0 Å². The van der Waals surface area contributed by atoms with Crippen LogP contribution in [0.3, 0.4) is 0 Å². The van der Waals surface area contributed by atoms with Gasteiger partial charge in [0.25, 0.3) is 0 Å². The number of nitrogens with zero attached hydrogens (tertiary/aromatic N) is 3. The molecule has 0 aliphatic rings. The van der Waals surface area contributed by atoms with E-state index in [1.807, 2.05) is 13.0 Å². The zero-order valence-electron chi connectivity index (χ0n) is 12.4. The van der Waals surface area contributed by atoms with Crippen LogP contribution in [-0.2, 0) is 0 Å². The van der Waals surface area contributed by atoms with Crippen LogP contribution in [0.1, 0.15) is 13.3 Å². The molecule has 0 saturated carbocycles. The van der Waals surface area contributed by atoms with Gasteiger partial charge in [0.05, 0.1) is 17.3 Å². The van der Waals surface area contributed by atoms with Crippen molar-refractivity contribution in [1.82, 2.24) is 14.7 Å². The van der Waals surface area contributed by atoms with Gasteiger partial charge < -0.3 is 15.3 Å². The molecule has 1 heterocycles. The van der Waals surface area contributed by atoms with Crippen molar-refractivity contribution in [3.05, 3.63) is 41.7 Å². The second kappa shape index (κ2) is 7.82. The fourth-order valence-corrected chi connectivity index (χ4v) is 2.36. The number of aliphatic hydroxyl groups is 1. The Morgan fingerprint density at radius 3 is 2.86 bits per heavy atom. The largest absolute Gasteiger partial charge is 0.395 e. The summed E-state index contributed by atoms with van der Waals surface area (Å²) in [6.07, 6.45) is 4.29. The minimum atomic E-state index is -0.251. The number of benzene rings is 1. The molecular weight excluding hydrogens is 304 g/mol. The van der Waals surface area contributed by atoms with Crippen LogP contribution in [0.4, 0.5) is 10.5 Å². The Bertz CT molecular complexity index is 610. The monoisotopic (exact) mass is 322 g/mol. The number of hydrogen-bond acceptors (Lipinski definition) is 3. The van der Waals surface area contributed by atoms with E-state index in [1.165, 1.54) is 0 Å². The number of hydrogen-bond donors (Lipinski definition) is 2. The highest BCUT2D eigenvalue weighted by molar-refractivity contribution is 6.32. The van der Waals surface area contributed by atoms with Crippen molar-refractivity contribution in [2.45, 2.75) is 13.3 Å². The quantitative estimate of drug-likeness (QED) is 0.859. The molecule has 0 bridgehead atoms. The fourth-order valence-electron chi connectivity index (χ4n) is 2.09. The zero-order valence-corrected chi connectivity index (χ0v) is 13.1. The van der Waals surface area contributed by atoms with Crippen LogP contribution in [0.25, 0.3) is 5.69 Å². The van der Waals surface area contributed by atoms with Gasteiger partial charge >= 0.3 is 6.03 Å². The molecule has 2 rings (SSSR count). The molecule has 0 radical (unpaired) electrons. The molecule has 6 nitrogen and oxygen atoms in total. The van der Waals surface area contributed by atoms with Crippen LogP contribution in [0.2, 0.25) is 5.02 Å². The first-order chi connectivity index (χ1) is 10.7. The Balaban J connectivity index is 2.10. The molecular formula is C15H19ClN4O2. The van der Waals surface area contributed by atoms with Gasteiger partial charge in [0.2, 0.25) is 0 Å². The molecule has 0 atom stereocenters. The molecule has 2 amide bonds. The molecule has 1 aromatic heterocycles. The predicted molar refractivity (Wildman–Crippen MR) is 86.5 cm³/mol. The standard InChI is InChI=1S/C15H19ClN4O2/c1-2-7-19(9-10-21)15(22)18-12-4-5-14(13(16)11-12)20-8-3-6-17-20/h3-6,8,11,21H,2,7,9-10H2,1H3,(H,18,22). The first-order valence-electron chi connectivity index (χ1n) is 7.12. The third kappa shape index (κ3) is 3.99. The molecule has 22 heavy (non-hydrogen) atoms. The van der Waals surface area contributed by atoms with Crippen LogP contribution in [-0.4, -0.2) is 45.5 Å². The molecule has 7 heteroatoms. The summed E-state index contributed by atoms with van der Waals surface area (Å²) in [7, 11) is 0. The molecule has 2 aromatic rings. The van der Waals surface area contributed by atoms with Crippen LogP contribution in [0, 0.1) is 0 Å². The Hall–Kier alpha value is -2.05. The van der Waals surface area contributed by atoms with Crippen molar-refractivity contribution in [3.8, 4) is 5.69 Å². The number of nitrogens with one attached hydrogen (secondary N) is 1. The first kappa shape index (κ1) is 16.3. The lowest BCUT2D eigenvalue weighted by Crippen LogP contribution is -2.37. The van der Waals surface area contributed by atoms with E-state index in [1.54, 1.807) is 40.2 Å². The number of aliphatic hydroxyl groups excluding tert-OH is 1. The van der Waals surface area contributed by atoms with Crippen molar-refractivity contribution in [2.75, 3.05) is 25.0 Å². The third-order valence-electron chi connectivity index (χ3n) is 3.10. The van der Waals surface area contributed by atoms with Gasteiger partial charge in [-0.05, 0) is 30.7 Å². The average Bonchev–Trinajstić information content (AvgIpc) is 3.01. The highest BCUT2D eigenvalue weighted by atomic mass is 35.5. The normalized spacial score (nSPS) is 10.5. The Morgan fingerprint density at radius 2 is 2.27 bits per heavy atom. The van der Waals surface area contributed by atoms with Crippen LogP contribution in [0.5, 0.6) is 0 Å². The molecule has 0 spiro atoms. The number of rotatable bonds is 6. The maximum atomic E-state index is 12.2. The molecule has 0 aliphatic carbocycles. The smallest absolute Gasteiger partial charge is 0.321 e. The summed E-state index contributed by atoms with van der Waals surface area (Å²) in [6, 6.07) is 6.80. The molecule has 0 aliphatic heterocycles. The first-order valence-corrected chi connectivity index (χ1v) is 7.50. The fraction of sp³-hybridized carbons (Fsp3) is 0.333. The van der Waals surface area contributed by atoms with E-state index in [9.17, 15) is 4.79 Å². The minimum absolute atomic E-state index is 0.0631. The molecule has 0 fully saturated rings. The van der Waals surface area contributed by atoms with Gasteiger partial charge in [0.15, 0.2) is 0 Å². The van der Waals surface area contributed by atoms with Gasteiger partial charge in [0, 0.05) is 31.2 Å². The Morgan fingerprint density at radius 1 is 1.45 bits per heavy atom.